The van der Waals surface area contributed by atoms with E-state index in [0.29, 0.717) is 12.1 Å². The van der Waals surface area contributed by atoms with Crippen LogP contribution in [0.1, 0.15) is 5.69 Å². The van der Waals surface area contributed by atoms with Crippen molar-refractivity contribution < 1.29 is 9.13 Å². The van der Waals surface area contributed by atoms with Gasteiger partial charge in [-0.1, -0.05) is 12.1 Å². The van der Waals surface area contributed by atoms with Gasteiger partial charge in [0.1, 0.15) is 11.3 Å². The number of fused-ring (bicyclic) bond motifs is 1. The largest absolute Gasteiger partial charge is 0.373 e. The average Bonchev–Trinajstić information content (AvgIpc) is 2.47. The first kappa shape index (κ1) is 15.2. The van der Waals surface area contributed by atoms with Crippen LogP contribution in [-0.2, 0) is 4.74 Å². The Morgan fingerprint density at radius 1 is 1.41 bits per heavy atom. The second kappa shape index (κ2) is 6.18. The Labute approximate surface area is 130 Å². The number of hydrogen-bond donors (Lipinski definition) is 0. The summed E-state index contributed by atoms with van der Waals surface area (Å²) in [6.45, 7) is 5.11. The predicted molar refractivity (Wildman–Crippen MR) is 86.9 cm³/mol. The van der Waals surface area contributed by atoms with E-state index < -0.39 is 0 Å². The molecule has 1 saturated heterocycles. The lowest BCUT2D eigenvalue weighted by Gasteiger charge is -2.36. The van der Waals surface area contributed by atoms with E-state index in [1.165, 1.54) is 6.07 Å². The summed E-state index contributed by atoms with van der Waals surface area (Å²) in [5, 5.41) is 0.871. The van der Waals surface area contributed by atoms with Gasteiger partial charge in [0.25, 0.3) is 0 Å². The smallest absolute Gasteiger partial charge is 0.149 e. The summed E-state index contributed by atoms with van der Waals surface area (Å²) in [7, 11) is 4.09. The lowest BCUT2D eigenvalue weighted by Crippen LogP contribution is -2.46. The van der Waals surface area contributed by atoms with Crippen LogP contribution in [0.3, 0.4) is 0 Å². The number of nitrogens with zero attached hydrogens (tertiary/aromatic N) is 3. The molecule has 118 valence electrons. The molecule has 4 nitrogen and oxygen atoms in total. The van der Waals surface area contributed by atoms with Crippen LogP contribution in [0.2, 0.25) is 0 Å². The third-order valence-electron chi connectivity index (χ3n) is 3.94. The molecule has 1 aliphatic rings. The molecule has 0 N–H and O–H groups in total. The van der Waals surface area contributed by atoms with Gasteiger partial charge in [-0.15, -0.1) is 0 Å². The van der Waals surface area contributed by atoms with Crippen molar-refractivity contribution in [2.75, 3.05) is 45.2 Å². The molecule has 1 aromatic heterocycles. The maximum absolute atomic E-state index is 14.0. The second-order valence-electron chi connectivity index (χ2n) is 6.12. The third kappa shape index (κ3) is 3.05. The van der Waals surface area contributed by atoms with Gasteiger partial charge < -0.3 is 14.5 Å². The summed E-state index contributed by atoms with van der Waals surface area (Å²) < 4.78 is 19.9. The first-order chi connectivity index (χ1) is 10.5. The third-order valence-corrected chi connectivity index (χ3v) is 3.94. The van der Waals surface area contributed by atoms with Crippen molar-refractivity contribution in [2.45, 2.75) is 13.0 Å². The number of anilines is 1. The Balaban J connectivity index is 1.97. The fourth-order valence-electron chi connectivity index (χ4n) is 3.04. The lowest BCUT2D eigenvalue weighted by atomic mass is 10.1. The molecule has 1 atom stereocenters. The fraction of sp³-hybridized carbons (Fsp3) is 0.471. The first-order valence-electron chi connectivity index (χ1n) is 7.62. The number of rotatable bonds is 3. The number of aromatic nitrogens is 1. The van der Waals surface area contributed by atoms with Gasteiger partial charge in [0.15, 0.2) is 0 Å². The summed E-state index contributed by atoms with van der Waals surface area (Å²) in [4.78, 5) is 8.77. The van der Waals surface area contributed by atoms with Crippen LogP contribution in [0.5, 0.6) is 0 Å². The van der Waals surface area contributed by atoms with Gasteiger partial charge in [-0.05, 0) is 33.2 Å². The van der Waals surface area contributed by atoms with Crippen molar-refractivity contribution in [1.29, 1.82) is 0 Å². The van der Waals surface area contributed by atoms with Crippen molar-refractivity contribution in [1.82, 2.24) is 9.88 Å². The quantitative estimate of drug-likeness (QED) is 0.871. The van der Waals surface area contributed by atoms with Gasteiger partial charge in [0.2, 0.25) is 0 Å². The fourth-order valence-corrected chi connectivity index (χ4v) is 3.04. The Kier molecular flexibility index (Phi) is 4.27. The molecule has 0 amide bonds. The maximum atomic E-state index is 14.0. The van der Waals surface area contributed by atoms with Crippen molar-refractivity contribution in [2.24, 2.45) is 0 Å². The SMILES string of the molecule is Cc1cc(N2CCOC(CN(C)C)C2)c2cccc(F)c2n1. The molecule has 0 radical (unpaired) electrons. The molecule has 0 aliphatic carbocycles. The monoisotopic (exact) mass is 303 g/mol. The number of para-hydroxylation sites is 1. The Morgan fingerprint density at radius 3 is 3.00 bits per heavy atom. The van der Waals surface area contributed by atoms with Gasteiger partial charge in [0.05, 0.1) is 12.7 Å². The highest BCUT2D eigenvalue weighted by atomic mass is 19.1. The molecular formula is C17H22FN3O. The average molecular weight is 303 g/mol. The number of benzene rings is 1. The zero-order valence-electron chi connectivity index (χ0n) is 13.3. The summed E-state index contributed by atoms with van der Waals surface area (Å²) in [5.41, 5.74) is 2.34. The number of morpholine rings is 1. The molecule has 0 bridgehead atoms. The summed E-state index contributed by atoms with van der Waals surface area (Å²) in [6.07, 6.45) is 0.167. The topological polar surface area (TPSA) is 28.6 Å². The zero-order chi connectivity index (χ0) is 15.7. The molecule has 1 fully saturated rings. The van der Waals surface area contributed by atoms with E-state index in [-0.39, 0.29) is 11.9 Å². The predicted octanol–water partition coefficient (Wildman–Crippen LogP) is 2.45. The highest BCUT2D eigenvalue weighted by Crippen LogP contribution is 2.29. The van der Waals surface area contributed by atoms with Crippen molar-refractivity contribution in [3.05, 3.63) is 35.8 Å². The second-order valence-corrected chi connectivity index (χ2v) is 6.12. The minimum Gasteiger partial charge on any atom is -0.373 e. The molecule has 22 heavy (non-hydrogen) atoms. The molecule has 5 heteroatoms. The number of likely N-dealkylation sites (N-methyl/N-ethyl adjacent to an activating group) is 1. The Bertz CT molecular complexity index is 674. The summed E-state index contributed by atoms with van der Waals surface area (Å²) in [5.74, 6) is -0.263. The Morgan fingerprint density at radius 2 is 2.23 bits per heavy atom. The van der Waals surface area contributed by atoms with Gasteiger partial charge >= 0.3 is 0 Å². The zero-order valence-corrected chi connectivity index (χ0v) is 13.3. The van der Waals surface area contributed by atoms with Crippen molar-refractivity contribution in [3.63, 3.8) is 0 Å². The maximum Gasteiger partial charge on any atom is 0.149 e. The van der Waals surface area contributed by atoms with E-state index in [2.05, 4.69) is 14.8 Å². The molecule has 1 aliphatic heterocycles. The number of halogens is 1. The molecule has 1 aromatic carbocycles. The number of hydrogen-bond acceptors (Lipinski definition) is 4. The highest BCUT2D eigenvalue weighted by Gasteiger charge is 2.23. The molecule has 0 saturated carbocycles. The molecule has 0 spiro atoms. The normalized spacial score (nSPS) is 19.1. The molecule has 2 heterocycles. The number of aryl methyl sites for hydroxylation is 1. The van der Waals surface area contributed by atoms with Crippen molar-refractivity contribution >= 4 is 16.6 Å². The van der Waals surface area contributed by atoms with Crippen LogP contribution in [-0.4, -0.2) is 56.3 Å². The molecule has 3 rings (SSSR count). The lowest BCUT2D eigenvalue weighted by molar-refractivity contribution is 0.0248. The van der Waals surface area contributed by atoms with E-state index in [1.807, 2.05) is 33.2 Å². The molecule has 1 unspecified atom stereocenters. The van der Waals surface area contributed by atoms with Crippen molar-refractivity contribution in [3.8, 4) is 0 Å². The molecule has 2 aromatic rings. The van der Waals surface area contributed by atoms with E-state index >= 15 is 0 Å². The standard InChI is InChI=1S/C17H22FN3O/c1-12-9-16(14-5-4-6-15(18)17(14)19-12)21-7-8-22-13(11-21)10-20(2)3/h4-6,9,13H,7-8,10-11H2,1-3H3. The summed E-state index contributed by atoms with van der Waals surface area (Å²) in [6, 6.07) is 7.19. The van der Waals surface area contributed by atoms with Crippen LogP contribution in [0, 0.1) is 12.7 Å². The van der Waals surface area contributed by atoms with Crippen LogP contribution >= 0.6 is 0 Å². The highest BCUT2D eigenvalue weighted by molar-refractivity contribution is 5.92. The van der Waals surface area contributed by atoms with E-state index in [1.54, 1.807) is 6.07 Å². The van der Waals surface area contributed by atoms with Gasteiger partial charge in [0, 0.05) is 36.4 Å². The van der Waals surface area contributed by atoms with Gasteiger partial charge in [-0.2, -0.15) is 0 Å². The van der Waals surface area contributed by atoms with E-state index in [9.17, 15) is 4.39 Å². The minimum atomic E-state index is -0.263. The van der Waals surface area contributed by atoms with Crippen LogP contribution < -0.4 is 4.90 Å². The molecular weight excluding hydrogens is 281 g/mol. The minimum absolute atomic E-state index is 0.167. The van der Waals surface area contributed by atoms with Gasteiger partial charge in [-0.25, -0.2) is 9.37 Å². The van der Waals surface area contributed by atoms with Crippen LogP contribution in [0.25, 0.3) is 10.9 Å². The summed E-state index contributed by atoms with van der Waals surface area (Å²) >= 11 is 0. The Hall–Kier alpha value is -1.72. The number of ether oxygens (including phenoxy) is 1. The first-order valence-corrected chi connectivity index (χ1v) is 7.62. The van der Waals surface area contributed by atoms with Crippen LogP contribution in [0.4, 0.5) is 10.1 Å². The number of pyridine rings is 1. The van der Waals surface area contributed by atoms with E-state index in [4.69, 9.17) is 4.74 Å². The van der Waals surface area contributed by atoms with Crippen LogP contribution in [0.15, 0.2) is 24.3 Å². The van der Waals surface area contributed by atoms with Gasteiger partial charge in [-0.3, -0.25) is 0 Å². The van der Waals surface area contributed by atoms with E-state index in [0.717, 1.165) is 36.4 Å².